The summed E-state index contributed by atoms with van der Waals surface area (Å²) in [5.41, 5.74) is 0. The van der Waals surface area contributed by atoms with Gasteiger partial charge in [0.2, 0.25) is 5.82 Å². The molecular weight excluding hydrogens is 217 g/mol. The number of aldehydes is 1. The van der Waals surface area contributed by atoms with Crippen LogP contribution >= 0.6 is 0 Å². The average molecular weight is 223 g/mol. The van der Waals surface area contributed by atoms with Crippen molar-refractivity contribution in [2.75, 3.05) is 0 Å². The van der Waals surface area contributed by atoms with Crippen LogP contribution in [0.15, 0.2) is 18.7 Å². The molecule has 0 N–H and O–H groups in total. The Morgan fingerprint density at radius 3 is 2.75 bits per heavy atom. The van der Waals surface area contributed by atoms with Gasteiger partial charge in [-0.25, -0.2) is 19.3 Å². The van der Waals surface area contributed by atoms with Crippen LogP contribution in [0.1, 0.15) is 16.4 Å². The molecule has 0 aliphatic heterocycles. The molecule has 0 aliphatic rings. The van der Waals surface area contributed by atoms with Gasteiger partial charge >= 0.3 is 0 Å². The summed E-state index contributed by atoms with van der Waals surface area (Å²) in [6.45, 7) is 0. The summed E-state index contributed by atoms with van der Waals surface area (Å²) < 4.78 is 11.7. The summed E-state index contributed by atoms with van der Waals surface area (Å²) in [4.78, 5) is 42.7. The molecule has 0 unspecified atom stereocenters. The molecule has 1 aromatic heterocycles. The molecule has 0 bridgehead atoms. The number of hydrogen-bond acceptors (Lipinski definition) is 6. The van der Waals surface area contributed by atoms with Gasteiger partial charge < -0.3 is 0 Å². The van der Waals surface area contributed by atoms with Gasteiger partial charge in [0.05, 0.1) is 6.33 Å². The SMILES string of the molecule is O=CC(=O)C(=O)c1ncnc(CC=CF)n1. The van der Waals surface area contributed by atoms with Crippen molar-refractivity contribution in [1.29, 1.82) is 0 Å². The third-order valence-electron chi connectivity index (χ3n) is 1.55. The van der Waals surface area contributed by atoms with E-state index >= 15 is 0 Å². The lowest BCUT2D eigenvalue weighted by Crippen LogP contribution is -2.19. The van der Waals surface area contributed by atoms with E-state index in [4.69, 9.17) is 0 Å². The highest BCUT2D eigenvalue weighted by Gasteiger charge is 2.18. The Morgan fingerprint density at radius 2 is 2.12 bits per heavy atom. The maximum atomic E-state index is 11.7. The zero-order chi connectivity index (χ0) is 12.0. The maximum Gasteiger partial charge on any atom is 0.273 e. The Bertz CT molecular complexity index is 459. The van der Waals surface area contributed by atoms with Crippen LogP contribution in [0, 0.1) is 0 Å². The Balaban J connectivity index is 2.93. The van der Waals surface area contributed by atoms with E-state index in [1.807, 2.05) is 0 Å². The van der Waals surface area contributed by atoms with E-state index in [1.54, 1.807) is 0 Å². The van der Waals surface area contributed by atoms with Gasteiger partial charge in [-0.15, -0.1) is 0 Å². The minimum absolute atomic E-state index is 0.0641. The molecule has 0 spiro atoms. The summed E-state index contributed by atoms with van der Waals surface area (Å²) in [5.74, 6) is -2.64. The number of ketones is 2. The zero-order valence-corrected chi connectivity index (χ0v) is 7.96. The highest BCUT2D eigenvalue weighted by molar-refractivity contribution is 6.61. The predicted molar refractivity (Wildman–Crippen MR) is 49.2 cm³/mol. The van der Waals surface area contributed by atoms with Gasteiger partial charge in [0.15, 0.2) is 6.29 Å². The molecule has 0 saturated heterocycles. The number of carbonyl (C=O) groups is 3. The molecular formula is C9H6FN3O3. The first kappa shape index (κ1) is 11.8. The van der Waals surface area contributed by atoms with Crippen molar-refractivity contribution < 1.29 is 18.8 Å². The second-order valence-electron chi connectivity index (χ2n) is 2.60. The fraction of sp³-hybridized carbons (Fsp3) is 0.111. The largest absolute Gasteiger partial charge is 0.294 e. The minimum Gasteiger partial charge on any atom is -0.294 e. The molecule has 0 amide bonds. The van der Waals surface area contributed by atoms with E-state index in [2.05, 4.69) is 15.0 Å². The Labute approximate surface area is 89.2 Å². The molecule has 16 heavy (non-hydrogen) atoms. The summed E-state index contributed by atoms with van der Waals surface area (Å²) in [7, 11) is 0. The Morgan fingerprint density at radius 1 is 1.38 bits per heavy atom. The molecule has 7 heteroatoms. The summed E-state index contributed by atoms with van der Waals surface area (Å²) in [5, 5.41) is 0. The van der Waals surface area contributed by atoms with Gasteiger partial charge in [-0.05, 0) is 6.08 Å². The van der Waals surface area contributed by atoms with Crippen LogP contribution < -0.4 is 0 Å². The van der Waals surface area contributed by atoms with Crippen molar-refractivity contribution in [3.63, 3.8) is 0 Å². The van der Waals surface area contributed by atoms with Crippen LogP contribution in [0.5, 0.6) is 0 Å². The van der Waals surface area contributed by atoms with Crippen LogP contribution in [0.4, 0.5) is 4.39 Å². The lowest BCUT2D eigenvalue weighted by molar-refractivity contribution is -0.126. The third kappa shape index (κ3) is 2.84. The van der Waals surface area contributed by atoms with Crippen LogP contribution in [0.25, 0.3) is 0 Å². The van der Waals surface area contributed by atoms with Crippen LogP contribution in [-0.2, 0) is 16.0 Å². The molecule has 0 aliphatic carbocycles. The number of allylic oxidation sites excluding steroid dienone is 1. The van der Waals surface area contributed by atoms with E-state index in [-0.39, 0.29) is 18.5 Å². The predicted octanol–water partition coefficient (Wildman–Crippen LogP) is -0.152. The topological polar surface area (TPSA) is 89.9 Å². The number of Topliss-reactive ketones (excluding diaryl/α,β-unsaturated/α-hetero) is 2. The van der Waals surface area contributed by atoms with Gasteiger partial charge in [-0.2, -0.15) is 0 Å². The first-order valence-electron chi connectivity index (χ1n) is 4.16. The first-order chi connectivity index (χ1) is 7.69. The molecule has 0 aromatic carbocycles. The summed E-state index contributed by atoms with van der Waals surface area (Å²) >= 11 is 0. The van der Waals surface area contributed by atoms with Gasteiger partial charge in [-0.3, -0.25) is 14.4 Å². The highest BCUT2D eigenvalue weighted by Crippen LogP contribution is 1.96. The van der Waals surface area contributed by atoms with Crippen LogP contribution in [0.2, 0.25) is 0 Å². The quantitative estimate of drug-likeness (QED) is 0.298. The maximum absolute atomic E-state index is 11.7. The second kappa shape index (κ2) is 5.54. The normalized spacial score (nSPS) is 10.3. The number of aromatic nitrogens is 3. The van der Waals surface area contributed by atoms with Crippen molar-refractivity contribution in [1.82, 2.24) is 15.0 Å². The standard InChI is InChI=1S/C9H6FN3O3/c10-3-1-2-7-11-5-12-9(13-7)8(16)6(15)4-14/h1,3-5H,2H2. The van der Waals surface area contributed by atoms with E-state index < -0.39 is 17.4 Å². The zero-order valence-electron chi connectivity index (χ0n) is 7.96. The van der Waals surface area contributed by atoms with Crippen molar-refractivity contribution in [2.24, 2.45) is 0 Å². The molecule has 0 radical (unpaired) electrons. The minimum atomic E-state index is -1.24. The molecule has 0 fully saturated rings. The van der Waals surface area contributed by atoms with Crippen molar-refractivity contribution in [3.05, 3.63) is 30.4 Å². The molecule has 1 aromatic rings. The van der Waals surface area contributed by atoms with Crippen molar-refractivity contribution in [3.8, 4) is 0 Å². The molecule has 1 rings (SSSR count). The summed E-state index contributed by atoms with van der Waals surface area (Å²) in [6.07, 6.45) is 2.40. The molecule has 0 saturated carbocycles. The third-order valence-corrected chi connectivity index (χ3v) is 1.55. The van der Waals surface area contributed by atoms with Gasteiger partial charge in [0, 0.05) is 6.42 Å². The molecule has 1 heterocycles. The van der Waals surface area contributed by atoms with Crippen LogP contribution in [-0.4, -0.2) is 32.8 Å². The number of hydrogen-bond donors (Lipinski definition) is 0. The molecule has 82 valence electrons. The fourth-order valence-electron chi connectivity index (χ4n) is 0.852. The van der Waals surface area contributed by atoms with E-state index in [0.717, 1.165) is 12.4 Å². The van der Waals surface area contributed by atoms with Gasteiger partial charge in [0.25, 0.3) is 11.6 Å². The fourth-order valence-corrected chi connectivity index (χ4v) is 0.852. The molecule has 0 atom stereocenters. The monoisotopic (exact) mass is 223 g/mol. The lowest BCUT2D eigenvalue weighted by Gasteiger charge is -1.96. The van der Waals surface area contributed by atoms with E-state index in [0.29, 0.717) is 6.33 Å². The molecule has 6 nitrogen and oxygen atoms in total. The highest BCUT2D eigenvalue weighted by atomic mass is 19.1. The number of halogens is 1. The van der Waals surface area contributed by atoms with Gasteiger partial charge in [-0.1, -0.05) is 0 Å². The Kier molecular flexibility index (Phi) is 4.07. The smallest absolute Gasteiger partial charge is 0.273 e. The van der Waals surface area contributed by atoms with Crippen molar-refractivity contribution >= 4 is 17.9 Å². The van der Waals surface area contributed by atoms with E-state index in [9.17, 15) is 18.8 Å². The Hall–Kier alpha value is -2.31. The number of nitrogens with zero attached hydrogens (tertiary/aromatic N) is 3. The van der Waals surface area contributed by atoms with Gasteiger partial charge in [0.1, 0.15) is 12.2 Å². The summed E-state index contributed by atoms with van der Waals surface area (Å²) in [6, 6.07) is 0. The lowest BCUT2D eigenvalue weighted by atomic mass is 10.2. The average Bonchev–Trinajstić information content (AvgIpc) is 2.34. The van der Waals surface area contributed by atoms with Crippen molar-refractivity contribution in [2.45, 2.75) is 6.42 Å². The number of carbonyl (C=O) groups excluding carboxylic acids is 3. The number of rotatable bonds is 5. The van der Waals surface area contributed by atoms with E-state index in [1.165, 1.54) is 0 Å². The first-order valence-corrected chi connectivity index (χ1v) is 4.16. The second-order valence-corrected chi connectivity index (χ2v) is 2.60. The van der Waals surface area contributed by atoms with Crippen LogP contribution in [0.3, 0.4) is 0 Å².